The first-order chi connectivity index (χ1) is 11.8. The highest BCUT2D eigenvalue weighted by Crippen LogP contribution is 2.12. The molecule has 0 aliphatic heterocycles. The molecule has 0 saturated heterocycles. The third kappa shape index (κ3) is 19.5. The molecule has 0 bridgehead atoms. The summed E-state index contributed by atoms with van der Waals surface area (Å²) in [4.78, 5) is 0. The van der Waals surface area contributed by atoms with E-state index in [1.807, 2.05) is 0 Å². The Labute approximate surface area is 151 Å². The van der Waals surface area contributed by atoms with Crippen LogP contribution in [0.15, 0.2) is 0 Å². The fourth-order valence-electron chi connectivity index (χ4n) is 2.93. The molecule has 0 aliphatic carbocycles. The summed E-state index contributed by atoms with van der Waals surface area (Å²) in [7, 11) is 0. The molecule has 0 spiro atoms. The molecule has 0 saturated carbocycles. The Morgan fingerprint density at radius 2 is 1.04 bits per heavy atom. The van der Waals surface area contributed by atoms with E-state index < -0.39 is 6.10 Å². The van der Waals surface area contributed by atoms with E-state index in [1.54, 1.807) is 0 Å². The van der Waals surface area contributed by atoms with E-state index >= 15 is 0 Å². The fraction of sp³-hybridized carbons (Fsp3) is 0.909. The highest BCUT2D eigenvalue weighted by Gasteiger charge is 1.99. The van der Waals surface area contributed by atoms with E-state index in [2.05, 4.69) is 18.8 Å². The van der Waals surface area contributed by atoms with Crippen molar-refractivity contribution in [2.45, 2.75) is 122 Å². The van der Waals surface area contributed by atoms with Gasteiger partial charge in [0.25, 0.3) is 0 Å². The first-order valence-corrected chi connectivity index (χ1v) is 10.6. The van der Waals surface area contributed by atoms with Gasteiger partial charge in [-0.25, -0.2) is 0 Å². The van der Waals surface area contributed by atoms with Crippen molar-refractivity contribution in [1.82, 2.24) is 0 Å². The molecular formula is C22H42O2. The second-order valence-corrected chi connectivity index (χ2v) is 7.07. The molecular weight excluding hydrogens is 296 g/mol. The highest BCUT2D eigenvalue weighted by atomic mass is 16.3. The van der Waals surface area contributed by atoms with Gasteiger partial charge in [-0.2, -0.15) is 0 Å². The Bertz CT molecular complexity index is 290. The zero-order chi connectivity index (χ0) is 17.7. The molecule has 1 atom stereocenters. The first-order valence-electron chi connectivity index (χ1n) is 10.6. The number of aliphatic hydroxyl groups is 2. The van der Waals surface area contributed by atoms with Crippen LogP contribution in [-0.4, -0.2) is 22.9 Å². The minimum atomic E-state index is -0.562. The lowest BCUT2D eigenvalue weighted by Gasteiger charge is -2.03. The van der Waals surface area contributed by atoms with Crippen LogP contribution < -0.4 is 0 Å². The maximum absolute atomic E-state index is 9.19. The molecule has 0 amide bonds. The van der Waals surface area contributed by atoms with Gasteiger partial charge in [0, 0.05) is 12.8 Å². The van der Waals surface area contributed by atoms with Crippen LogP contribution in [-0.2, 0) is 0 Å². The van der Waals surface area contributed by atoms with Crippen LogP contribution in [0.1, 0.15) is 116 Å². The summed E-state index contributed by atoms with van der Waals surface area (Å²) in [6.07, 6.45) is 20.9. The Kier molecular flexibility index (Phi) is 20.1. The van der Waals surface area contributed by atoms with Gasteiger partial charge in [-0.3, -0.25) is 0 Å². The number of aliphatic hydroxyl groups excluding tert-OH is 2. The minimum absolute atomic E-state index is 0.133. The van der Waals surface area contributed by atoms with Crippen molar-refractivity contribution in [2.24, 2.45) is 0 Å². The van der Waals surface area contributed by atoms with Gasteiger partial charge in [0.1, 0.15) is 0 Å². The Morgan fingerprint density at radius 3 is 1.50 bits per heavy atom. The normalized spacial score (nSPS) is 12.0. The zero-order valence-electron chi connectivity index (χ0n) is 16.2. The molecule has 0 radical (unpaired) electrons. The van der Waals surface area contributed by atoms with Crippen LogP contribution in [0.5, 0.6) is 0 Å². The van der Waals surface area contributed by atoms with E-state index in [0.29, 0.717) is 6.42 Å². The number of hydrogen-bond acceptors (Lipinski definition) is 2. The molecule has 2 nitrogen and oxygen atoms in total. The van der Waals surface area contributed by atoms with Gasteiger partial charge in [0.2, 0.25) is 0 Å². The zero-order valence-corrected chi connectivity index (χ0v) is 16.2. The Balaban J connectivity index is 3.10. The van der Waals surface area contributed by atoms with Crippen molar-refractivity contribution in [3.63, 3.8) is 0 Å². The molecule has 0 aromatic rings. The molecule has 1 unspecified atom stereocenters. The lowest BCUT2D eigenvalue weighted by Crippen LogP contribution is -2.10. The van der Waals surface area contributed by atoms with E-state index in [4.69, 9.17) is 5.11 Å². The molecule has 24 heavy (non-hydrogen) atoms. The summed E-state index contributed by atoms with van der Waals surface area (Å²) in [5.41, 5.74) is 0. The largest absolute Gasteiger partial charge is 0.394 e. The minimum Gasteiger partial charge on any atom is -0.394 e. The van der Waals surface area contributed by atoms with Gasteiger partial charge in [0.15, 0.2) is 0 Å². The number of unbranched alkanes of at least 4 members (excludes halogenated alkanes) is 14. The van der Waals surface area contributed by atoms with Crippen molar-refractivity contribution in [2.75, 3.05) is 6.61 Å². The third-order valence-corrected chi connectivity index (χ3v) is 4.58. The SMILES string of the molecule is CCCCCCCCCCCCCCCC#CCCCC(O)CO. The summed E-state index contributed by atoms with van der Waals surface area (Å²) < 4.78 is 0. The molecule has 0 aliphatic rings. The third-order valence-electron chi connectivity index (χ3n) is 4.58. The van der Waals surface area contributed by atoms with Gasteiger partial charge in [-0.15, -0.1) is 11.8 Å². The predicted molar refractivity (Wildman–Crippen MR) is 105 cm³/mol. The summed E-state index contributed by atoms with van der Waals surface area (Å²) in [5, 5.41) is 17.9. The number of rotatable bonds is 17. The molecule has 0 rings (SSSR count). The topological polar surface area (TPSA) is 40.5 Å². The van der Waals surface area contributed by atoms with Crippen molar-refractivity contribution >= 4 is 0 Å². The highest BCUT2D eigenvalue weighted by molar-refractivity contribution is 4.98. The van der Waals surface area contributed by atoms with Crippen LogP contribution in [0, 0.1) is 11.8 Å². The molecule has 0 aromatic heterocycles. The van der Waals surface area contributed by atoms with Crippen molar-refractivity contribution in [1.29, 1.82) is 0 Å². The lowest BCUT2D eigenvalue weighted by molar-refractivity contribution is 0.0870. The smallest absolute Gasteiger partial charge is 0.0771 e. The van der Waals surface area contributed by atoms with E-state index in [1.165, 1.54) is 83.5 Å². The molecule has 142 valence electrons. The van der Waals surface area contributed by atoms with Gasteiger partial charge >= 0.3 is 0 Å². The van der Waals surface area contributed by atoms with Crippen LogP contribution in [0.4, 0.5) is 0 Å². The van der Waals surface area contributed by atoms with Gasteiger partial charge < -0.3 is 10.2 Å². The quantitative estimate of drug-likeness (QED) is 0.252. The van der Waals surface area contributed by atoms with Gasteiger partial charge in [-0.1, -0.05) is 84.0 Å². The molecule has 2 N–H and O–H groups in total. The fourth-order valence-corrected chi connectivity index (χ4v) is 2.93. The Morgan fingerprint density at radius 1 is 0.625 bits per heavy atom. The van der Waals surface area contributed by atoms with E-state index in [9.17, 15) is 5.11 Å². The van der Waals surface area contributed by atoms with Crippen LogP contribution in [0.3, 0.4) is 0 Å². The van der Waals surface area contributed by atoms with Crippen LogP contribution in [0.2, 0.25) is 0 Å². The van der Waals surface area contributed by atoms with Crippen molar-refractivity contribution < 1.29 is 10.2 Å². The lowest BCUT2D eigenvalue weighted by atomic mass is 10.0. The van der Waals surface area contributed by atoms with E-state index in [-0.39, 0.29) is 6.61 Å². The second kappa shape index (κ2) is 20.5. The second-order valence-electron chi connectivity index (χ2n) is 7.07. The standard InChI is InChI=1S/C22H42O2/c1-2-3-4-5-6-7-8-9-10-11-12-13-14-15-16-17-18-19-20-22(24)21-23/h22-24H,2-15,18-21H2,1H3. The molecule has 0 fully saturated rings. The predicted octanol–water partition coefficient (Wildman–Crippen LogP) is 5.99. The van der Waals surface area contributed by atoms with E-state index in [0.717, 1.165) is 19.3 Å². The summed E-state index contributed by atoms with van der Waals surface area (Å²) in [6.45, 7) is 2.14. The first kappa shape index (κ1) is 23.5. The van der Waals surface area contributed by atoms with Crippen LogP contribution >= 0.6 is 0 Å². The maximum atomic E-state index is 9.19. The van der Waals surface area contributed by atoms with Crippen LogP contribution in [0.25, 0.3) is 0 Å². The summed E-state index contributed by atoms with van der Waals surface area (Å²) >= 11 is 0. The molecule has 0 heterocycles. The van der Waals surface area contributed by atoms with Gasteiger partial charge in [-0.05, 0) is 19.3 Å². The number of hydrogen-bond donors (Lipinski definition) is 2. The average Bonchev–Trinajstić information content (AvgIpc) is 2.60. The van der Waals surface area contributed by atoms with Crippen molar-refractivity contribution in [3.8, 4) is 11.8 Å². The summed E-state index contributed by atoms with van der Waals surface area (Å²) in [6, 6.07) is 0. The monoisotopic (exact) mass is 338 g/mol. The van der Waals surface area contributed by atoms with Crippen molar-refractivity contribution in [3.05, 3.63) is 0 Å². The maximum Gasteiger partial charge on any atom is 0.0771 e. The summed E-state index contributed by atoms with van der Waals surface area (Å²) in [5.74, 6) is 6.39. The molecule has 2 heteroatoms. The Hall–Kier alpha value is -0.520. The molecule has 0 aromatic carbocycles. The van der Waals surface area contributed by atoms with Gasteiger partial charge in [0.05, 0.1) is 12.7 Å². The average molecular weight is 339 g/mol.